The SMILES string of the molecule is CCCN(CCNCCN(CCC)C(=O)O)C(=O)O. The molecule has 0 rings (SSSR count). The van der Waals surface area contributed by atoms with Crippen LogP contribution in [0.1, 0.15) is 26.7 Å². The Hall–Kier alpha value is -1.50. The number of nitrogens with zero attached hydrogens (tertiary/aromatic N) is 2. The van der Waals surface area contributed by atoms with Gasteiger partial charge in [-0.3, -0.25) is 0 Å². The molecular formula is C12H25N3O4. The Morgan fingerprint density at radius 1 is 0.842 bits per heavy atom. The van der Waals surface area contributed by atoms with Crippen molar-refractivity contribution >= 4 is 12.2 Å². The summed E-state index contributed by atoms with van der Waals surface area (Å²) in [4.78, 5) is 24.4. The lowest BCUT2D eigenvalue weighted by Crippen LogP contribution is -2.40. The van der Waals surface area contributed by atoms with Crippen molar-refractivity contribution < 1.29 is 19.8 Å². The second kappa shape index (κ2) is 10.4. The van der Waals surface area contributed by atoms with Crippen molar-refractivity contribution in [3.05, 3.63) is 0 Å². The summed E-state index contributed by atoms with van der Waals surface area (Å²) in [7, 11) is 0. The number of amides is 2. The molecule has 0 fully saturated rings. The van der Waals surface area contributed by atoms with E-state index in [1.54, 1.807) is 0 Å². The second-order valence-electron chi connectivity index (χ2n) is 4.29. The third-order valence-corrected chi connectivity index (χ3v) is 2.65. The van der Waals surface area contributed by atoms with Crippen LogP contribution in [0, 0.1) is 0 Å². The molecule has 3 N–H and O–H groups in total. The topological polar surface area (TPSA) is 93.1 Å². The van der Waals surface area contributed by atoms with Crippen molar-refractivity contribution in [2.45, 2.75) is 26.7 Å². The van der Waals surface area contributed by atoms with Crippen LogP contribution in [0.4, 0.5) is 9.59 Å². The Morgan fingerprint density at radius 3 is 1.47 bits per heavy atom. The normalized spacial score (nSPS) is 10.2. The molecule has 19 heavy (non-hydrogen) atoms. The largest absolute Gasteiger partial charge is 0.465 e. The summed E-state index contributed by atoms with van der Waals surface area (Å²) < 4.78 is 0. The molecule has 2 amide bonds. The smallest absolute Gasteiger partial charge is 0.407 e. The molecule has 0 saturated heterocycles. The van der Waals surface area contributed by atoms with Gasteiger partial charge >= 0.3 is 12.2 Å². The Kier molecular flexibility index (Phi) is 9.60. The Balaban J connectivity index is 3.78. The third kappa shape index (κ3) is 8.25. The molecule has 7 heteroatoms. The van der Waals surface area contributed by atoms with Crippen LogP contribution in [-0.2, 0) is 0 Å². The highest BCUT2D eigenvalue weighted by atomic mass is 16.4. The van der Waals surface area contributed by atoms with Crippen LogP contribution in [0.3, 0.4) is 0 Å². The molecule has 0 spiro atoms. The quantitative estimate of drug-likeness (QED) is 0.523. The van der Waals surface area contributed by atoms with Gasteiger partial charge in [0.2, 0.25) is 0 Å². The van der Waals surface area contributed by atoms with E-state index in [-0.39, 0.29) is 0 Å². The predicted octanol–water partition coefficient (Wildman–Crippen LogP) is 1.36. The first-order valence-electron chi connectivity index (χ1n) is 6.69. The van der Waals surface area contributed by atoms with Gasteiger partial charge in [0.25, 0.3) is 0 Å². The minimum Gasteiger partial charge on any atom is -0.465 e. The lowest BCUT2D eigenvalue weighted by Gasteiger charge is -2.20. The Bertz CT molecular complexity index is 248. The zero-order valence-corrected chi connectivity index (χ0v) is 11.8. The van der Waals surface area contributed by atoms with Crippen LogP contribution >= 0.6 is 0 Å². The summed E-state index contributed by atoms with van der Waals surface area (Å²) in [6.45, 7) is 6.81. The molecule has 0 aliphatic rings. The Labute approximate surface area is 114 Å². The number of hydrogen-bond donors (Lipinski definition) is 3. The summed E-state index contributed by atoms with van der Waals surface area (Å²) in [6, 6.07) is 0. The van der Waals surface area contributed by atoms with Crippen LogP contribution in [0.15, 0.2) is 0 Å². The first kappa shape index (κ1) is 17.5. The summed E-state index contributed by atoms with van der Waals surface area (Å²) in [6.07, 6.45) is -0.255. The second-order valence-corrected chi connectivity index (χ2v) is 4.29. The molecule has 0 radical (unpaired) electrons. The number of carboxylic acid groups (broad SMARTS) is 2. The number of hydrogen-bond acceptors (Lipinski definition) is 3. The molecule has 0 saturated carbocycles. The fraction of sp³-hybridized carbons (Fsp3) is 0.833. The van der Waals surface area contributed by atoms with Gasteiger partial charge in [0.05, 0.1) is 0 Å². The monoisotopic (exact) mass is 275 g/mol. The Morgan fingerprint density at radius 2 is 1.21 bits per heavy atom. The number of rotatable bonds is 10. The average Bonchev–Trinajstić information content (AvgIpc) is 2.35. The van der Waals surface area contributed by atoms with Crippen LogP contribution < -0.4 is 5.32 Å². The number of carbonyl (C=O) groups is 2. The molecule has 7 nitrogen and oxygen atoms in total. The van der Waals surface area contributed by atoms with Gasteiger partial charge in [-0.05, 0) is 12.8 Å². The predicted molar refractivity (Wildman–Crippen MR) is 72.6 cm³/mol. The highest BCUT2D eigenvalue weighted by Gasteiger charge is 2.11. The van der Waals surface area contributed by atoms with E-state index >= 15 is 0 Å². The van der Waals surface area contributed by atoms with Crippen molar-refractivity contribution in [3.63, 3.8) is 0 Å². The van der Waals surface area contributed by atoms with E-state index < -0.39 is 12.2 Å². The maximum absolute atomic E-state index is 10.8. The first-order valence-corrected chi connectivity index (χ1v) is 6.69. The fourth-order valence-corrected chi connectivity index (χ4v) is 1.70. The van der Waals surface area contributed by atoms with E-state index in [9.17, 15) is 9.59 Å². The van der Waals surface area contributed by atoms with Crippen LogP contribution in [0.2, 0.25) is 0 Å². The molecular weight excluding hydrogens is 250 g/mol. The zero-order chi connectivity index (χ0) is 14.7. The van der Waals surface area contributed by atoms with E-state index in [0.29, 0.717) is 39.3 Å². The van der Waals surface area contributed by atoms with Crippen molar-refractivity contribution in [1.29, 1.82) is 0 Å². The minimum absolute atomic E-state index is 0.421. The zero-order valence-electron chi connectivity index (χ0n) is 11.8. The van der Waals surface area contributed by atoms with Crippen molar-refractivity contribution in [2.24, 2.45) is 0 Å². The molecule has 0 atom stereocenters. The van der Waals surface area contributed by atoms with Gasteiger partial charge in [0.1, 0.15) is 0 Å². The highest BCUT2D eigenvalue weighted by Crippen LogP contribution is 1.92. The fourth-order valence-electron chi connectivity index (χ4n) is 1.70. The summed E-state index contributed by atoms with van der Waals surface area (Å²) in [5.74, 6) is 0. The van der Waals surface area contributed by atoms with Crippen LogP contribution in [-0.4, -0.2) is 71.5 Å². The maximum Gasteiger partial charge on any atom is 0.407 e. The molecule has 112 valence electrons. The highest BCUT2D eigenvalue weighted by molar-refractivity contribution is 5.65. The third-order valence-electron chi connectivity index (χ3n) is 2.65. The van der Waals surface area contributed by atoms with E-state index in [1.807, 2.05) is 13.8 Å². The van der Waals surface area contributed by atoms with Crippen LogP contribution in [0.25, 0.3) is 0 Å². The molecule has 0 bridgehead atoms. The standard InChI is InChI=1S/C12H25N3O4/c1-3-7-14(11(16)17)9-5-13-6-10-15(8-4-2)12(18)19/h13H,3-10H2,1-2H3,(H,16,17)(H,18,19). The van der Waals surface area contributed by atoms with Crippen molar-refractivity contribution in [3.8, 4) is 0 Å². The minimum atomic E-state index is -0.915. The van der Waals surface area contributed by atoms with Crippen molar-refractivity contribution in [1.82, 2.24) is 15.1 Å². The maximum atomic E-state index is 10.8. The lowest BCUT2D eigenvalue weighted by atomic mass is 10.4. The van der Waals surface area contributed by atoms with Crippen LogP contribution in [0.5, 0.6) is 0 Å². The van der Waals surface area contributed by atoms with Gasteiger partial charge in [-0.2, -0.15) is 0 Å². The average molecular weight is 275 g/mol. The summed E-state index contributed by atoms with van der Waals surface area (Å²) >= 11 is 0. The summed E-state index contributed by atoms with van der Waals surface area (Å²) in [5.41, 5.74) is 0. The number of nitrogens with one attached hydrogen (secondary N) is 1. The van der Waals surface area contributed by atoms with Gasteiger partial charge < -0.3 is 25.3 Å². The molecule has 0 aliphatic carbocycles. The first-order chi connectivity index (χ1) is 9.02. The van der Waals surface area contributed by atoms with E-state index in [4.69, 9.17) is 10.2 Å². The molecule has 0 aromatic carbocycles. The lowest BCUT2D eigenvalue weighted by molar-refractivity contribution is 0.143. The molecule has 0 heterocycles. The van der Waals surface area contributed by atoms with Gasteiger partial charge in [0, 0.05) is 39.3 Å². The van der Waals surface area contributed by atoms with E-state index in [2.05, 4.69) is 5.32 Å². The molecule has 0 unspecified atom stereocenters. The van der Waals surface area contributed by atoms with E-state index in [0.717, 1.165) is 12.8 Å². The molecule has 0 aliphatic heterocycles. The van der Waals surface area contributed by atoms with Gasteiger partial charge in [0.15, 0.2) is 0 Å². The van der Waals surface area contributed by atoms with E-state index in [1.165, 1.54) is 9.80 Å². The molecule has 0 aromatic rings. The molecule has 0 aromatic heterocycles. The van der Waals surface area contributed by atoms with Crippen molar-refractivity contribution in [2.75, 3.05) is 39.3 Å². The summed E-state index contributed by atoms with van der Waals surface area (Å²) in [5, 5.41) is 20.9. The van der Waals surface area contributed by atoms with Gasteiger partial charge in [-0.15, -0.1) is 0 Å². The van der Waals surface area contributed by atoms with Gasteiger partial charge in [-0.1, -0.05) is 13.8 Å². The van der Waals surface area contributed by atoms with Gasteiger partial charge in [-0.25, -0.2) is 9.59 Å².